The third-order valence-corrected chi connectivity index (χ3v) is 5.62. The molecule has 0 aromatic heterocycles. The Hall–Kier alpha value is -2.50. The van der Waals surface area contributed by atoms with E-state index in [-0.39, 0.29) is 11.3 Å². The summed E-state index contributed by atoms with van der Waals surface area (Å²) in [6.07, 6.45) is -3.21. The molecule has 0 radical (unpaired) electrons. The van der Waals surface area contributed by atoms with Crippen LogP contribution in [0.15, 0.2) is 48.5 Å². The van der Waals surface area contributed by atoms with Gasteiger partial charge in [0.1, 0.15) is 0 Å². The molecule has 1 heterocycles. The lowest BCUT2D eigenvalue weighted by atomic mass is 9.86. The van der Waals surface area contributed by atoms with Gasteiger partial charge in [0.2, 0.25) is 5.91 Å². The third-order valence-electron chi connectivity index (χ3n) is 5.62. The summed E-state index contributed by atoms with van der Waals surface area (Å²) in [5.74, 6) is 0.0959. The summed E-state index contributed by atoms with van der Waals surface area (Å²) >= 11 is 0. The van der Waals surface area contributed by atoms with Crippen molar-refractivity contribution in [2.24, 2.45) is 0 Å². The lowest BCUT2D eigenvalue weighted by Crippen LogP contribution is -2.48. The first-order valence-electron chi connectivity index (χ1n) is 10.3. The van der Waals surface area contributed by atoms with Crippen LogP contribution in [0.1, 0.15) is 43.9 Å². The molecule has 1 amide bonds. The summed E-state index contributed by atoms with van der Waals surface area (Å²) < 4.78 is 38.8. The molecule has 1 saturated heterocycles. The van der Waals surface area contributed by atoms with Crippen molar-refractivity contribution in [3.8, 4) is 0 Å². The lowest BCUT2D eigenvalue weighted by Gasteiger charge is -2.36. The van der Waals surface area contributed by atoms with Crippen LogP contribution in [0.25, 0.3) is 0 Å². The maximum Gasteiger partial charge on any atom is 0.416 e. The maximum absolute atomic E-state index is 12.9. The Morgan fingerprint density at radius 1 is 0.900 bits per heavy atom. The standard InChI is InChI=1S/C24H29F3N2O/c1-23(2,3)19-10-7-18(8-11-19)9-12-22(30)29-15-13-28(14-16-29)21-6-4-5-20(17-21)24(25,26)27/h4-8,10-11,17H,9,12-16H2,1-3H3. The number of benzene rings is 2. The quantitative estimate of drug-likeness (QED) is 0.674. The number of carbonyl (C=O) groups is 1. The minimum atomic E-state index is -4.35. The molecule has 6 heteroatoms. The van der Waals surface area contributed by atoms with E-state index in [0.29, 0.717) is 44.7 Å². The fourth-order valence-electron chi connectivity index (χ4n) is 3.67. The highest BCUT2D eigenvalue weighted by Crippen LogP contribution is 2.32. The molecule has 0 bridgehead atoms. The Balaban J connectivity index is 1.51. The van der Waals surface area contributed by atoms with E-state index in [2.05, 4.69) is 45.0 Å². The van der Waals surface area contributed by atoms with Crippen LogP contribution >= 0.6 is 0 Å². The number of carbonyl (C=O) groups excluding carboxylic acids is 1. The number of halogens is 3. The molecule has 0 atom stereocenters. The maximum atomic E-state index is 12.9. The zero-order chi connectivity index (χ0) is 21.9. The summed E-state index contributed by atoms with van der Waals surface area (Å²) in [4.78, 5) is 16.3. The molecule has 3 nitrogen and oxygen atoms in total. The second kappa shape index (κ2) is 8.70. The molecule has 0 saturated carbocycles. The van der Waals surface area contributed by atoms with Gasteiger partial charge in [0.25, 0.3) is 0 Å². The predicted molar refractivity (Wildman–Crippen MR) is 114 cm³/mol. The van der Waals surface area contributed by atoms with Crippen molar-refractivity contribution in [3.05, 3.63) is 65.2 Å². The summed E-state index contributed by atoms with van der Waals surface area (Å²) in [6, 6.07) is 13.8. The highest BCUT2D eigenvalue weighted by Gasteiger charge is 2.31. The van der Waals surface area contributed by atoms with Gasteiger partial charge in [0, 0.05) is 38.3 Å². The van der Waals surface area contributed by atoms with Crippen LogP contribution in [0, 0.1) is 0 Å². The third kappa shape index (κ3) is 5.55. The molecule has 0 N–H and O–H groups in total. The molecule has 1 fully saturated rings. The topological polar surface area (TPSA) is 23.6 Å². The fraction of sp³-hybridized carbons (Fsp3) is 0.458. The predicted octanol–water partition coefficient (Wildman–Crippen LogP) is 5.28. The van der Waals surface area contributed by atoms with Gasteiger partial charge in [-0.05, 0) is 41.2 Å². The first kappa shape index (κ1) is 22.2. The van der Waals surface area contributed by atoms with Gasteiger partial charge in [-0.2, -0.15) is 13.2 Å². The average molecular weight is 419 g/mol. The number of hydrogen-bond acceptors (Lipinski definition) is 2. The summed E-state index contributed by atoms with van der Waals surface area (Å²) in [5.41, 5.74) is 2.42. The molecule has 0 aliphatic carbocycles. The second-order valence-electron chi connectivity index (χ2n) is 8.86. The first-order chi connectivity index (χ1) is 14.0. The summed E-state index contributed by atoms with van der Waals surface area (Å²) in [7, 11) is 0. The van der Waals surface area contributed by atoms with Gasteiger partial charge >= 0.3 is 6.18 Å². The molecule has 30 heavy (non-hydrogen) atoms. The second-order valence-corrected chi connectivity index (χ2v) is 8.86. The molecule has 1 aliphatic heterocycles. The summed E-state index contributed by atoms with van der Waals surface area (Å²) in [5, 5.41) is 0. The van der Waals surface area contributed by atoms with Crippen LogP contribution in [0.4, 0.5) is 18.9 Å². The van der Waals surface area contributed by atoms with E-state index in [0.717, 1.165) is 11.6 Å². The number of rotatable bonds is 4. The van der Waals surface area contributed by atoms with Crippen LogP contribution in [0.2, 0.25) is 0 Å². The van der Waals surface area contributed by atoms with E-state index in [4.69, 9.17) is 0 Å². The van der Waals surface area contributed by atoms with Crippen molar-refractivity contribution in [1.82, 2.24) is 4.90 Å². The lowest BCUT2D eigenvalue weighted by molar-refractivity contribution is -0.137. The van der Waals surface area contributed by atoms with E-state index in [1.54, 1.807) is 6.07 Å². The number of piperazine rings is 1. The minimum Gasteiger partial charge on any atom is -0.368 e. The molecular weight excluding hydrogens is 389 g/mol. The van der Waals surface area contributed by atoms with Gasteiger partial charge in [-0.15, -0.1) is 0 Å². The normalized spacial score (nSPS) is 15.4. The average Bonchev–Trinajstić information content (AvgIpc) is 2.71. The summed E-state index contributed by atoms with van der Waals surface area (Å²) in [6.45, 7) is 8.64. The van der Waals surface area contributed by atoms with Gasteiger partial charge in [-0.3, -0.25) is 4.79 Å². The number of alkyl halides is 3. The molecule has 162 valence electrons. The smallest absolute Gasteiger partial charge is 0.368 e. The van der Waals surface area contributed by atoms with Crippen molar-refractivity contribution in [1.29, 1.82) is 0 Å². The molecule has 3 rings (SSSR count). The fourth-order valence-corrected chi connectivity index (χ4v) is 3.67. The zero-order valence-electron chi connectivity index (χ0n) is 17.8. The molecule has 0 spiro atoms. The van der Waals surface area contributed by atoms with Crippen LogP contribution in [0.3, 0.4) is 0 Å². The van der Waals surface area contributed by atoms with Gasteiger partial charge in [-0.25, -0.2) is 0 Å². The highest BCUT2D eigenvalue weighted by atomic mass is 19.4. The Kier molecular flexibility index (Phi) is 6.44. The van der Waals surface area contributed by atoms with Crippen LogP contribution in [-0.2, 0) is 22.8 Å². The monoisotopic (exact) mass is 418 g/mol. The van der Waals surface area contributed by atoms with Crippen LogP contribution in [-0.4, -0.2) is 37.0 Å². The Morgan fingerprint density at radius 2 is 1.53 bits per heavy atom. The van der Waals surface area contributed by atoms with Gasteiger partial charge in [-0.1, -0.05) is 51.1 Å². The molecule has 2 aromatic carbocycles. The number of anilines is 1. The van der Waals surface area contributed by atoms with Crippen molar-refractivity contribution < 1.29 is 18.0 Å². The van der Waals surface area contributed by atoms with Gasteiger partial charge < -0.3 is 9.80 Å². The molecule has 1 aliphatic rings. The Labute approximate surface area is 176 Å². The minimum absolute atomic E-state index is 0.0959. The number of amides is 1. The number of hydrogen-bond donors (Lipinski definition) is 0. The van der Waals surface area contributed by atoms with E-state index < -0.39 is 11.7 Å². The van der Waals surface area contributed by atoms with E-state index in [1.807, 2.05) is 9.80 Å². The van der Waals surface area contributed by atoms with Gasteiger partial charge in [0.15, 0.2) is 0 Å². The van der Waals surface area contributed by atoms with Crippen molar-refractivity contribution in [3.63, 3.8) is 0 Å². The number of aryl methyl sites for hydroxylation is 1. The molecular formula is C24H29F3N2O. The van der Waals surface area contributed by atoms with E-state index in [1.165, 1.54) is 17.7 Å². The van der Waals surface area contributed by atoms with Crippen LogP contribution < -0.4 is 4.90 Å². The van der Waals surface area contributed by atoms with Crippen LogP contribution in [0.5, 0.6) is 0 Å². The largest absolute Gasteiger partial charge is 0.416 e. The first-order valence-corrected chi connectivity index (χ1v) is 10.3. The Bertz CT molecular complexity index is 861. The van der Waals surface area contributed by atoms with Crippen molar-refractivity contribution >= 4 is 11.6 Å². The van der Waals surface area contributed by atoms with Crippen molar-refractivity contribution in [2.75, 3.05) is 31.1 Å². The van der Waals surface area contributed by atoms with Crippen molar-refractivity contribution in [2.45, 2.75) is 45.2 Å². The van der Waals surface area contributed by atoms with E-state index in [9.17, 15) is 18.0 Å². The molecule has 0 unspecified atom stereocenters. The highest BCUT2D eigenvalue weighted by molar-refractivity contribution is 5.76. The number of nitrogens with zero attached hydrogens (tertiary/aromatic N) is 2. The van der Waals surface area contributed by atoms with E-state index >= 15 is 0 Å². The van der Waals surface area contributed by atoms with Gasteiger partial charge in [0.05, 0.1) is 5.56 Å². The Morgan fingerprint density at radius 3 is 2.10 bits per heavy atom. The molecule has 2 aromatic rings. The SMILES string of the molecule is CC(C)(C)c1ccc(CCC(=O)N2CCN(c3cccc(C(F)(F)F)c3)CC2)cc1. The zero-order valence-corrected chi connectivity index (χ0v) is 17.8.